The van der Waals surface area contributed by atoms with Gasteiger partial charge in [0.05, 0.1) is 48.8 Å². The molecule has 0 spiro atoms. The number of phenolic OH excluding ortho intramolecular Hbond substituents is 1. The molecule has 0 saturated carbocycles. The molecule has 1 aromatic carbocycles. The summed E-state index contributed by atoms with van der Waals surface area (Å²) < 4.78 is 27.7. The Hall–Kier alpha value is -1.22. The van der Waals surface area contributed by atoms with Gasteiger partial charge in [-0.05, 0) is 13.1 Å². The van der Waals surface area contributed by atoms with Gasteiger partial charge < -0.3 is 15.3 Å². The molecule has 1 aliphatic rings. The van der Waals surface area contributed by atoms with E-state index in [0.29, 0.717) is 6.42 Å². The van der Waals surface area contributed by atoms with Crippen molar-refractivity contribution in [1.29, 1.82) is 0 Å². The molecule has 0 radical (unpaired) electrons. The zero-order chi connectivity index (χ0) is 18.0. The number of benzene rings is 1. The predicted molar refractivity (Wildman–Crippen MR) is 97.8 cm³/mol. The van der Waals surface area contributed by atoms with Crippen molar-refractivity contribution >= 4 is 33.0 Å². The van der Waals surface area contributed by atoms with Crippen LogP contribution in [0.15, 0.2) is 12.1 Å². The molecule has 24 heavy (non-hydrogen) atoms. The van der Waals surface area contributed by atoms with Gasteiger partial charge in [0, 0.05) is 25.6 Å². The van der Waals surface area contributed by atoms with Crippen LogP contribution in [0.2, 0.25) is 5.02 Å². The van der Waals surface area contributed by atoms with Crippen molar-refractivity contribution in [2.24, 2.45) is 0 Å². The minimum Gasteiger partial charge on any atom is -0.506 e. The second-order valence-electron chi connectivity index (χ2n) is 6.76. The highest BCUT2D eigenvalue weighted by atomic mass is 35.5. The Morgan fingerprint density at radius 1 is 1.38 bits per heavy atom. The van der Waals surface area contributed by atoms with E-state index in [1.807, 2.05) is 0 Å². The van der Waals surface area contributed by atoms with Gasteiger partial charge in [-0.2, -0.15) is 0 Å². The number of hydrogen-bond donors (Lipinski definition) is 3. The third-order valence-electron chi connectivity index (χ3n) is 4.53. The molecule has 1 aromatic rings. The van der Waals surface area contributed by atoms with E-state index in [9.17, 15) is 13.5 Å². The Bertz CT molecular complexity index is 688. The molecule has 0 atom stereocenters. The van der Waals surface area contributed by atoms with Crippen LogP contribution in [0.4, 0.5) is 11.4 Å². The largest absolute Gasteiger partial charge is 0.506 e. The molecule has 4 N–H and O–H groups in total. The number of sulfonamides is 1. The number of anilines is 2. The lowest BCUT2D eigenvalue weighted by Crippen LogP contribution is -2.56. The summed E-state index contributed by atoms with van der Waals surface area (Å²) in [6.45, 7) is 4.92. The fraction of sp³-hybridized carbons (Fsp3) is 0.600. The second kappa shape index (κ2) is 7.35. The molecule has 7 nitrogen and oxygen atoms in total. The van der Waals surface area contributed by atoms with Crippen molar-refractivity contribution in [3.05, 3.63) is 17.2 Å². The maximum Gasteiger partial charge on any atom is 0.233 e. The van der Waals surface area contributed by atoms with Crippen LogP contribution in [0.1, 0.15) is 6.42 Å². The Morgan fingerprint density at radius 2 is 2.00 bits per heavy atom. The van der Waals surface area contributed by atoms with Crippen molar-refractivity contribution in [3.63, 3.8) is 0 Å². The van der Waals surface area contributed by atoms with Gasteiger partial charge in [-0.15, -0.1) is 0 Å². The van der Waals surface area contributed by atoms with E-state index in [0.717, 1.165) is 37.2 Å². The van der Waals surface area contributed by atoms with Crippen LogP contribution in [-0.4, -0.2) is 75.5 Å². The standard InChI is InChI=1S/C15H25ClN4O3S/c1-19-4-7-20(2,8-5-19)6-3-9-24(22,23)18-14-10-12(16)13(17)11-15(14)21/h10-11,18H,3-9,17H2,1-2H3/p+1. The molecule has 1 aliphatic heterocycles. The number of nitrogens with one attached hydrogen (secondary N) is 1. The summed E-state index contributed by atoms with van der Waals surface area (Å²) in [5, 5.41) is 10.00. The number of aromatic hydroxyl groups is 1. The summed E-state index contributed by atoms with van der Waals surface area (Å²) in [6.07, 6.45) is 0.555. The predicted octanol–water partition coefficient (Wildman–Crippen LogP) is 1.15. The average molecular weight is 378 g/mol. The molecule has 136 valence electrons. The minimum atomic E-state index is -3.55. The molecule has 0 aliphatic carbocycles. The lowest BCUT2D eigenvalue weighted by molar-refractivity contribution is -0.913. The van der Waals surface area contributed by atoms with Crippen LogP contribution >= 0.6 is 11.6 Å². The van der Waals surface area contributed by atoms with Crippen molar-refractivity contribution in [3.8, 4) is 5.75 Å². The van der Waals surface area contributed by atoms with E-state index in [-0.39, 0.29) is 27.9 Å². The van der Waals surface area contributed by atoms with E-state index in [2.05, 4.69) is 23.7 Å². The van der Waals surface area contributed by atoms with E-state index >= 15 is 0 Å². The first-order valence-electron chi connectivity index (χ1n) is 7.91. The van der Waals surface area contributed by atoms with Crippen molar-refractivity contribution in [2.45, 2.75) is 6.42 Å². The number of nitrogens with two attached hydrogens (primary N) is 1. The summed E-state index contributed by atoms with van der Waals surface area (Å²) in [5.41, 5.74) is 5.81. The number of piperazine rings is 1. The topological polar surface area (TPSA) is 95.7 Å². The van der Waals surface area contributed by atoms with E-state index in [4.69, 9.17) is 17.3 Å². The van der Waals surface area contributed by atoms with E-state index < -0.39 is 10.0 Å². The van der Waals surface area contributed by atoms with Gasteiger partial charge >= 0.3 is 0 Å². The van der Waals surface area contributed by atoms with Crippen LogP contribution < -0.4 is 10.5 Å². The third kappa shape index (κ3) is 5.14. The Kier molecular flexibility index (Phi) is 5.85. The number of nitrogen functional groups attached to an aromatic ring is 1. The maximum atomic E-state index is 12.2. The van der Waals surface area contributed by atoms with Gasteiger partial charge in [-0.25, -0.2) is 8.42 Å². The van der Waals surface area contributed by atoms with Gasteiger partial charge in [-0.3, -0.25) is 9.62 Å². The molecule has 1 fully saturated rings. The fourth-order valence-electron chi connectivity index (χ4n) is 2.79. The molecule has 1 heterocycles. The highest BCUT2D eigenvalue weighted by Crippen LogP contribution is 2.32. The summed E-state index contributed by atoms with van der Waals surface area (Å²) in [6, 6.07) is 2.55. The summed E-state index contributed by atoms with van der Waals surface area (Å²) in [5.74, 6) is -0.239. The summed E-state index contributed by atoms with van der Waals surface area (Å²) in [4.78, 5) is 2.28. The van der Waals surface area contributed by atoms with Crippen molar-refractivity contribution in [1.82, 2.24) is 4.90 Å². The first-order valence-corrected chi connectivity index (χ1v) is 9.94. The van der Waals surface area contributed by atoms with Crippen LogP contribution in [0.25, 0.3) is 0 Å². The van der Waals surface area contributed by atoms with Crippen LogP contribution in [0.3, 0.4) is 0 Å². The maximum absolute atomic E-state index is 12.2. The highest BCUT2D eigenvalue weighted by Gasteiger charge is 2.27. The quantitative estimate of drug-likeness (QED) is 0.392. The van der Waals surface area contributed by atoms with Gasteiger partial charge in [0.25, 0.3) is 0 Å². The number of phenols is 1. The fourth-order valence-corrected chi connectivity index (χ4v) is 4.06. The molecule has 0 unspecified atom stereocenters. The Morgan fingerprint density at radius 3 is 2.62 bits per heavy atom. The number of hydrogen-bond acceptors (Lipinski definition) is 5. The summed E-state index contributed by atoms with van der Waals surface area (Å²) in [7, 11) is 0.710. The van der Waals surface area contributed by atoms with Gasteiger partial charge in [0.2, 0.25) is 10.0 Å². The zero-order valence-corrected chi connectivity index (χ0v) is 15.7. The van der Waals surface area contributed by atoms with Crippen molar-refractivity contribution in [2.75, 3.05) is 63.0 Å². The van der Waals surface area contributed by atoms with Gasteiger partial charge in [0.15, 0.2) is 0 Å². The summed E-state index contributed by atoms with van der Waals surface area (Å²) >= 11 is 5.87. The van der Waals surface area contributed by atoms with E-state index in [1.165, 1.54) is 12.1 Å². The van der Waals surface area contributed by atoms with Crippen LogP contribution in [-0.2, 0) is 10.0 Å². The monoisotopic (exact) mass is 377 g/mol. The molecule has 0 aromatic heterocycles. The zero-order valence-electron chi connectivity index (χ0n) is 14.1. The molecular weight excluding hydrogens is 352 g/mol. The second-order valence-corrected chi connectivity index (χ2v) is 9.01. The number of halogens is 1. The average Bonchev–Trinajstić information content (AvgIpc) is 2.48. The number of rotatable bonds is 6. The van der Waals surface area contributed by atoms with Crippen LogP contribution in [0.5, 0.6) is 5.75 Å². The minimum absolute atomic E-state index is 0.00187. The molecule has 0 bridgehead atoms. The van der Waals surface area contributed by atoms with Crippen molar-refractivity contribution < 1.29 is 18.0 Å². The van der Waals surface area contributed by atoms with Gasteiger partial charge in [-0.1, -0.05) is 11.6 Å². The first-order chi connectivity index (χ1) is 11.1. The Labute approximate surface area is 148 Å². The number of nitrogens with zero attached hydrogens (tertiary/aromatic N) is 2. The number of quaternary nitrogens is 1. The van der Waals surface area contributed by atoms with Gasteiger partial charge in [0.1, 0.15) is 5.75 Å². The normalized spacial score (nSPS) is 18.5. The molecule has 1 saturated heterocycles. The molecule has 2 rings (SSSR count). The molecule has 0 amide bonds. The first kappa shape index (κ1) is 19.1. The lowest BCUT2D eigenvalue weighted by atomic mass is 10.2. The highest BCUT2D eigenvalue weighted by molar-refractivity contribution is 7.92. The third-order valence-corrected chi connectivity index (χ3v) is 6.22. The molecule has 9 heteroatoms. The lowest BCUT2D eigenvalue weighted by Gasteiger charge is -2.41. The molecular formula is C15H26ClN4O3S+. The Balaban J connectivity index is 1.91. The SMILES string of the molecule is CN1CC[N+](C)(CCCS(=O)(=O)Nc2cc(Cl)c(N)cc2O)CC1. The van der Waals surface area contributed by atoms with E-state index in [1.54, 1.807) is 0 Å². The van der Waals surface area contributed by atoms with Crippen LogP contribution in [0, 0.1) is 0 Å². The number of likely N-dealkylation sites (N-methyl/N-ethyl adjacent to an activating group) is 2. The smallest absolute Gasteiger partial charge is 0.233 e.